The third-order valence-corrected chi connectivity index (χ3v) is 4.34. The first kappa shape index (κ1) is 19.4. The van der Waals surface area contributed by atoms with Gasteiger partial charge in [-0.25, -0.2) is 9.78 Å². The zero-order valence-electron chi connectivity index (χ0n) is 16.3. The van der Waals surface area contributed by atoms with Crippen molar-refractivity contribution in [3.63, 3.8) is 0 Å². The largest absolute Gasteiger partial charge is 0.465 e. The van der Waals surface area contributed by atoms with E-state index in [0.29, 0.717) is 17.3 Å². The van der Waals surface area contributed by atoms with E-state index in [2.05, 4.69) is 34.4 Å². The van der Waals surface area contributed by atoms with E-state index in [1.807, 2.05) is 42.5 Å². The Bertz CT molecular complexity index is 944. The predicted molar refractivity (Wildman–Crippen MR) is 112 cm³/mol. The number of ether oxygens (including phenoxy) is 1. The summed E-state index contributed by atoms with van der Waals surface area (Å²) in [5, 5.41) is 6.60. The minimum absolute atomic E-state index is 0.251. The molecule has 28 heavy (non-hydrogen) atoms. The van der Waals surface area contributed by atoms with Crippen LogP contribution in [0, 0.1) is 0 Å². The van der Waals surface area contributed by atoms with Crippen molar-refractivity contribution in [3.8, 4) is 11.3 Å². The first-order chi connectivity index (χ1) is 13.6. The molecule has 6 heteroatoms. The van der Waals surface area contributed by atoms with Crippen LogP contribution < -0.4 is 10.6 Å². The van der Waals surface area contributed by atoms with Crippen molar-refractivity contribution in [1.29, 1.82) is 0 Å². The lowest BCUT2D eigenvalue weighted by atomic mass is 10.1. The molecular weight excluding hydrogens is 352 g/mol. The molecule has 0 amide bonds. The molecule has 1 atom stereocenters. The second-order valence-corrected chi connectivity index (χ2v) is 6.48. The third-order valence-electron chi connectivity index (χ3n) is 4.34. The van der Waals surface area contributed by atoms with Gasteiger partial charge in [0, 0.05) is 23.4 Å². The van der Waals surface area contributed by atoms with Gasteiger partial charge in [-0.3, -0.25) is 0 Å². The molecule has 1 unspecified atom stereocenters. The highest BCUT2D eigenvalue weighted by atomic mass is 16.5. The number of esters is 1. The molecule has 6 nitrogen and oxygen atoms in total. The van der Waals surface area contributed by atoms with Crippen LogP contribution in [0.1, 0.15) is 30.6 Å². The number of carbonyl (C=O) groups is 1. The van der Waals surface area contributed by atoms with E-state index in [4.69, 9.17) is 4.74 Å². The molecule has 2 N–H and O–H groups in total. The van der Waals surface area contributed by atoms with E-state index >= 15 is 0 Å². The summed E-state index contributed by atoms with van der Waals surface area (Å²) >= 11 is 0. The van der Waals surface area contributed by atoms with Gasteiger partial charge in [-0.05, 0) is 31.5 Å². The summed E-state index contributed by atoms with van der Waals surface area (Å²) in [4.78, 5) is 21.0. The van der Waals surface area contributed by atoms with Crippen LogP contribution in [0.3, 0.4) is 0 Å². The molecule has 0 aliphatic carbocycles. The van der Waals surface area contributed by atoms with Crippen molar-refractivity contribution >= 4 is 23.4 Å². The van der Waals surface area contributed by atoms with E-state index < -0.39 is 0 Å². The number of rotatable bonds is 7. The van der Waals surface area contributed by atoms with E-state index in [0.717, 1.165) is 23.4 Å². The summed E-state index contributed by atoms with van der Waals surface area (Å²) < 4.78 is 4.79. The molecule has 0 aliphatic heterocycles. The molecule has 0 radical (unpaired) electrons. The Labute approximate surface area is 165 Å². The van der Waals surface area contributed by atoms with Gasteiger partial charge >= 0.3 is 5.97 Å². The van der Waals surface area contributed by atoms with Crippen molar-refractivity contribution in [2.45, 2.75) is 26.3 Å². The Balaban J connectivity index is 1.95. The Morgan fingerprint density at radius 2 is 1.86 bits per heavy atom. The summed E-state index contributed by atoms with van der Waals surface area (Å²) in [6.07, 6.45) is 0.961. The van der Waals surface area contributed by atoms with Gasteiger partial charge < -0.3 is 15.4 Å². The van der Waals surface area contributed by atoms with Gasteiger partial charge in [0.2, 0.25) is 5.95 Å². The van der Waals surface area contributed by atoms with Crippen molar-refractivity contribution in [3.05, 3.63) is 66.2 Å². The zero-order valence-corrected chi connectivity index (χ0v) is 16.3. The van der Waals surface area contributed by atoms with E-state index in [9.17, 15) is 4.79 Å². The SMILES string of the molecule is CCC(C)Nc1nc(Nc2cccc(C(=O)OC)c2)cc(-c2ccccc2)n1. The quantitative estimate of drug-likeness (QED) is 0.572. The molecule has 0 saturated carbocycles. The predicted octanol–water partition coefficient (Wildman–Crippen LogP) is 4.88. The highest BCUT2D eigenvalue weighted by Gasteiger charge is 2.10. The highest BCUT2D eigenvalue weighted by molar-refractivity contribution is 5.90. The number of nitrogens with zero attached hydrogens (tertiary/aromatic N) is 2. The molecule has 144 valence electrons. The lowest BCUT2D eigenvalue weighted by Crippen LogP contribution is -2.16. The lowest BCUT2D eigenvalue weighted by Gasteiger charge is -2.15. The summed E-state index contributed by atoms with van der Waals surface area (Å²) in [6, 6.07) is 19.2. The first-order valence-corrected chi connectivity index (χ1v) is 9.25. The van der Waals surface area contributed by atoms with Gasteiger partial charge in [0.05, 0.1) is 18.4 Å². The van der Waals surface area contributed by atoms with Gasteiger partial charge in [-0.1, -0.05) is 43.3 Å². The maximum atomic E-state index is 11.8. The fourth-order valence-electron chi connectivity index (χ4n) is 2.64. The van der Waals surface area contributed by atoms with Gasteiger partial charge in [0.25, 0.3) is 0 Å². The Morgan fingerprint density at radius 3 is 2.57 bits per heavy atom. The van der Waals surface area contributed by atoms with Gasteiger partial charge in [0.1, 0.15) is 5.82 Å². The summed E-state index contributed by atoms with van der Waals surface area (Å²) in [6.45, 7) is 4.20. The van der Waals surface area contributed by atoms with Crippen molar-refractivity contribution < 1.29 is 9.53 Å². The second kappa shape index (κ2) is 8.99. The van der Waals surface area contributed by atoms with Crippen LogP contribution in [0.15, 0.2) is 60.7 Å². The van der Waals surface area contributed by atoms with Gasteiger partial charge in [-0.15, -0.1) is 0 Å². The first-order valence-electron chi connectivity index (χ1n) is 9.25. The molecule has 2 aromatic carbocycles. The average Bonchev–Trinajstić information content (AvgIpc) is 2.73. The summed E-state index contributed by atoms with van der Waals surface area (Å²) in [7, 11) is 1.37. The van der Waals surface area contributed by atoms with Crippen molar-refractivity contribution in [2.75, 3.05) is 17.7 Å². The van der Waals surface area contributed by atoms with Crippen LogP contribution in [-0.2, 0) is 4.74 Å². The molecular formula is C22H24N4O2. The summed E-state index contributed by atoms with van der Waals surface area (Å²) in [5.74, 6) is 0.819. The highest BCUT2D eigenvalue weighted by Crippen LogP contribution is 2.24. The van der Waals surface area contributed by atoms with Crippen LogP contribution in [0.4, 0.5) is 17.5 Å². The number of hydrogen-bond acceptors (Lipinski definition) is 6. The molecule has 0 fully saturated rings. The normalized spacial score (nSPS) is 11.5. The number of benzene rings is 2. The third kappa shape index (κ3) is 4.85. The molecule has 0 bridgehead atoms. The van der Waals surface area contributed by atoms with Crippen LogP contribution in [0.25, 0.3) is 11.3 Å². The van der Waals surface area contributed by atoms with E-state index in [-0.39, 0.29) is 12.0 Å². The van der Waals surface area contributed by atoms with Gasteiger partial charge in [-0.2, -0.15) is 4.98 Å². The molecule has 0 saturated heterocycles. The molecule has 1 aromatic heterocycles. The molecule has 0 spiro atoms. The minimum Gasteiger partial charge on any atom is -0.465 e. The minimum atomic E-state index is -0.379. The molecule has 3 rings (SSSR count). The van der Waals surface area contributed by atoms with Crippen LogP contribution >= 0.6 is 0 Å². The number of carbonyl (C=O) groups excluding carboxylic acids is 1. The van der Waals surface area contributed by atoms with Gasteiger partial charge in [0.15, 0.2) is 0 Å². The Kier molecular flexibility index (Phi) is 6.22. The lowest BCUT2D eigenvalue weighted by molar-refractivity contribution is 0.0601. The maximum Gasteiger partial charge on any atom is 0.337 e. The fourth-order valence-corrected chi connectivity index (χ4v) is 2.64. The van der Waals surface area contributed by atoms with E-state index in [1.165, 1.54) is 7.11 Å². The second-order valence-electron chi connectivity index (χ2n) is 6.48. The topological polar surface area (TPSA) is 76.1 Å². The van der Waals surface area contributed by atoms with Crippen LogP contribution in [0.5, 0.6) is 0 Å². The number of aromatic nitrogens is 2. The van der Waals surface area contributed by atoms with Crippen LogP contribution in [-0.4, -0.2) is 29.1 Å². The fraction of sp³-hybridized carbons (Fsp3) is 0.227. The molecule has 1 heterocycles. The molecule has 0 aliphatic rings. The average molecular weight is 376 g/mol. The van der Waals surface area contributed by atoms with Crippen LogP contribution in [0.2, 0.25) is 0 Å². The number of methoxy groups -OCH3 is 1. The Morgan fingerprint density at radius 1 is 1.07 bits per heavy atom. The smallest absolute Gasteiger partial charge is 0.337 e. The zero-order chi connectivity index (χ0) is 19.9. The summed E-state index contributed by atoms with van der Waals surface area (Å²) in [5.41, 5.74) is 3.04. The Hall–Kier alpha value is -3.41. The molecule has 3 aromatic rings. The van der Waals surface area contributed by atoms with Crippen molar-refractivity contribution in [2.24, 2.45) is 0 Å². The number of hydrogen-bond donors (Lipinski definition) is 2. The number of nitrogens with one attached hydrogen (secondary N) is 2. The van der Waals surface area contributed by atoms with E-state index in [1.54, 1.807) is 18.2 Å². The number of anilines is 3. The maximum absolute atomic E-state index is 11.8. The standard InChI is InChI=1S/C22H24N4O2/c1-4-15(2)23-22-25-19(16-9-6-5-7-10-16)14-20(26-22)24-18-12-8-11-17(13-18)21(27)28-3/h5-15H,4H2,1-3H3,(H2,23,24,25,26). The van der Waals surface area contributed by atoms with Crippen molar-refractivity contribution in [1.82, 2.24) is 9.97 Å². The monoisotopic (exact) mass is 376 g/mol.